The number of hydrogen-bond acceptors (Lipinski definition) is 5. The van der Waals surface area contributed by atoms with E-state index in [-0.39, 0.29) is 5.78 Å². The van der Waals surface area contributed by atoms with Crippen molar-refractivity contribution in [2.75, 3.05) is 39.8 Å². The van der Waals surface area contributed by atoms with Gasteiger partial charge < -0.3 is 20.2 Å². The summed E-state index contributed by atoms with van der Waals surface area (Å²) in [6.07, 6.45) is 1.24. The molecule has 0 bridgehead atoms. The van der Waals surface area contributed by atoms with Crippen molar-refractivity contribution >= 4 is 5.78 Å². The van der Waals surface area contributed by atoms with Gasteiger partial charge in [-0.1, -0.05) is 13.3 Å². The topological polar surface area (TPSA) is 55.8 Å². The van der Waals surface area contributed by atoms with Gasteiger partial charge in [0.15, 0.2) is 6.10 Å². The first-order valence-corrected chi connectivity index (χ1v) is 6.79. The van der Waals surface area contributed by atoms with Crippen LogP contribution in [0.5, 0.6) is 0 Å². The Hall–Kier alpha value is -1.07. The van der Waals surface area contributed by atoms with E-state index in [1.54, 1.807) is 0 Å². The van der Waals surface area contributed by atoms with Crippen LogP contribution in [0.15, 0.2) is 11.4 Å². The lowest BCUT2D eigenvalue weighted by molar-refractivity contribution is -0.126. The Labute approximate surface area is 108 Å². The summed E-state index contributed by atoms with van der Waals surface area (Å²) in [6.45, 7) is 6.65. The van der Waals surface area contributed by atoms with E-state index in [1.807, 2.05) is 0 Å². The van der Waals surface area contributed by atoms with E-state index >= 15 is 0 Å². The van der Waals surface area contributed by atoms with Crippen LogP contribution in [-0.4, -0.2) is 66.6 Å². The van der Waals surface area contributed by atoms with Crippen molar-refractivity contribution in [3.8, 4) is 0 Å². The summed E-state index contributed by atoms with van der Waals surface area (Å²) in [5, 5.41) is 13.0. The molecule has 1 heterocycles. The second-order valence-electron chi connectivity index (χ2n) is 5.10. The van der Waals surface area contributed by atoms with E-state index in [2.05, 4.69) is 29.1 Å². The van der Waals surface area contributed by atoms with E-state index in [9.17, 15) is 9.90 Å². The van der Waals surface area contributed by atoms with Crippen LogP contribution in [0.25, 0.3) is 0 Å². The molecule has 0 aromatic carbocycles. The average molecular weight is 253 g/mol. The minimum atomic E-state index is -0.905. The molecule has 2 N–H and O–H groups in total. The second kappa shape index (κ2) is 5.71. The third-order valence-corrected chi connectivity index (χ3v) is 3.69. The molecule has 1 unspecified atom stereocenters. The molecular formula is C13H23N3O2. The monoisotopic (exact) mass is 253 g/mol. The van der Waals surface area contributed by atoms with Crippen LogP contribution in [-0.2, 0) is 4.79 Å². The highest BCUT2D eigenvalue weighted by molar-refractivity contribution is 6.07. The highest BCUT2D eigenvalue weighted by atomic mass is 16.3. The number of piperazine rings is 1. The molecule has 102 valence electrons. The molecule has 1 saturated heterocycles. The van der Waals surface area contributed by atoms with Gasteiger partial charge in [-0.25, -0.2) is 0 Å². The first-order valence-electron chi connectivity index (χ1n) is 6.79. The van der Waals surface area contributed by atoms with Crippen molar-refractivity contribution in [3.05, 3.63) is 11.4 Å². The molecule has 0 aromatic heterocycles. The van der Waals surface area contributed by atoms with Gasteiger partial charge in [0, 0.05) is 32.7 Å². The lowest BCUT2D eigenvalue weighted by Crippen LogP contribution is -2.54. The molecule has 5 heteroatoms. The summed E-state index contributed by atoms with van der Waals surface area (Å²) in [4.78, 5) is 16.1. The summed E-state index contributed by atoms with van der Waals surface area (Å²) in [5.74, 6) is -0.153. The van der Waals surface area contributed by atoms with Gasteiger partial charge in [0.25, 0.3) is 0 Å². The Balaban J connectivity index is 2.00. The Kier molecular flexibility index (Phi) is 4.24. The molecule has 2 aliphatic rings. The predicted octanol–water partition coefficient (Wildman–Crippen LogP) is -0.221. The van der Waals surface area contributed by atoms with Crippen LogP contribution in [0.2, 0.25) is 0 Å². The number of rotatable bonds is 5. The molecule has 0 aromatic rings. The van der Waals surface area contributed by atoms with Crippen molar-refractivity contribution in [2.45, 2.75) is 25.9 Å². The number of Topliss-reactive ketones (excluding diaryl/α,β-unsaturated/α-hetero) is 1. The van der Waals surface area contributed by atoms with Crippen LogP contribution in [0.1, 0.15) is 19.8 Å². The molecule has 0 saturated carbocycles. The summed E-state index contributed by atoms with van der Waals surface area (Å²) in [7, 11) is 2.09. The number of aliphatic hydroxyl groups excluding tert-OH is 1. The number of carbonyl (C=O) groups is 1. The number of nitrogens with one attached hydrogen (secondary N) is 1. The number of carbonyl (C=O) groups excluding carboxylic acids is 1. The largest absolute Gasteiger partial charge is 0.381 e. The van der Waals surface area contributed by atoms with Gasteiger partial charge in [-0.3, -0.25) is 4.79 Å². The molecule has 2 rings (SSSR count). The molecule has 0 amide bonds. The van der Waals surface area contributed by atoms with E-state index < -0.39 is 6.10 Å². The quantitative estimate of drug-likeness (QED) is 0.663. The molecule has 1 atom stereocenters. The summed E-state index contributed by atoms with van der Waals surface area (Å²) >= 11 is 0. The molecule has 5 nitrogen and oxygen atoms in total. The van der Waals surface area contributed by atoms with Crippen LogP contribution >= 0.6 is 0 Å². The minimum absolute atomic E-state index is 0.153. The van der Waals surface area contributed by atoms with E-state index in [0.717, 1.165) is 51.3 Å². The molecule has 0 spiro atoms. The van der Waals surface area contributed by atoms with Crippen molar-refractivity contribution in [1.29, 1.82) is 0 Å². The highest BCUT2D eigenvalue weighted by Gasteiger charge is 2.41. The van der Waals surface area contributed by atoms with E-state index in [4.69, 9.17) is 0 Å². The zero-order valence-corrected chi connectivity index (χ0v) is 11.3. The standard InChI is InChI=1S/C13H23N3O2/c1-3-4-5-14-10-11(13(18)12(10)17)16-8-6-15(2)7-9-16/h13-14,18H,3-9H2,1-2H3. The normalized spacial score (nSPS) is 25.4. The SMILES string of the molecule is CCCCNC1=C(N2CCN(C)CC2)C(O)C1=O. The summed E-state index contributed by atoms with van der Waals surface area (Å²) in [5.41, 5.74) is 1.45. The van der Waals surface area contributed by atoms with Gasteiger partial charge in [-0.05, 0) is 13.5 Å². The third-order valence-electron chi connectivity index (χ3n) is 3.69. The molecule has 1 aliphatic carbocycles. The van der Waals surface area contributed by atoms with Crippen molar-refractivity contribution in [3.63, 3.8) is 0 Å². The Morgan fingerprint density at radius 1 is 1.33 bits per heavy atom. The predicted molar refractivity (Wildman–Crippen MR) is 70.0 cm³/mol. The molecule has 18 heavy (non-hydrogen) atoms. The number of nitrogens with zero attached hydrogens (tertiary/aromatic N) is 2. The number of aliphatic hydroxyl groups is 1. The Bertz CT molecular complexity index is 346. The molecular weight excluding hydrogens is 230 g/mol. The zero-order chi connectivity index (χ0) is 13.1. The van der Waals surface area contributed by atoms with Gasteiger partial charge in [0.1, 0.15) is 5.70 Å². The fourth-order valence-electron chi connectivity index (χ4n) is 2.39. The summed E-state index contributed by atoms with van der Waals surface area (Å²) < 4.78 is 0. The van der Waals surface area contributed by atoms with Gasteiger partial charge in [0.2, 0.25) is 5.78 Å². The maximum absolute atomic E-state index is 11.7. The highest BCUT2D eigenvalue weighted by Crippen LogP contribution is 2.27. The minimum Gasteiger partial charge on any atom is -0.381 e. The first kappa shape index (κ1) is 13.4. The Morgan fingerprint density at radius 3 is 2.61 bits per heavy atom. The number of likely N-dealkylation sites (N-methyl/N-ethyl adjacent to an activating group) is 1. The second-order valence-corrected chi connectivity index (χ2v) is 5.10. The fraction of sp³-hybridized carbons (Fsp3) is 0.769. The van der Waals surface area contributed by atoms with E-state index in [0.29, 0.717) is 5.70 Å². The number of unbranched alkanes of at least 4 members (excludes halogenated alkanes) is 1. The molecule has 1 fully saturated rings. The number of hydrogen-bond donors (Lipinski definition) is 2. The van der Waals surface area contributed by atoms with Crippen molar-refractivity contribution < 1.29 is 9.90 Å². The smallest absolute Gasteiger partial charge is 0.215 e. The van der Waals surface area contributed by atoms with Gasteiger partial charge in [-0.15, -0.1) is 0 Å². The van der Waals surface area contributed by atoms with Crippen LogP contribution in [0, 0.1) is 0 Å². The van der Waals surface area contributed by atoms with Crippen LogP contribution in [0.4, 0.5) is 0 Å². The summed E-state index contributed by atoms with van der Waals surface area (Å²) in [6, 6.07) is 0. The van der Waals surface area contributed by atoms with Gasteiger partial charge >= 0.3 is 0 Å². The van der Waals surface area contributed by atoms with E-state index in [1.165, 1.54) is 0 Å². The maximum atomic E-state index is 11.7. The van der Waals surface area contributed by atoms with Crippen molar-refractivity contribution in [2.24, 2.45) is 0 Å². The third kappa shape index (κ3) is 2.52. The van der Waals surface area contributed by atoms with Crippen molar-refractivity contribution in [1.82, 2.24) is 15.1 Å². The lowest BCUT2D eigenvalue weighted by Gasteiger charge is -2.41. The lowest BCUT2D eigenvalue weighted by atomic mass is 9.93. The maximum Gasteiger partial charge on any atom is 0.215 e. The average Bonchev–Trinajstić information content (AvgIpc) is 2.39. The van der Waals surface area contributed by atoms with Crippen LogP contribution < -0.4 is 5.32 Å². The Morgan fingerprint density at radius 2 is 2.00 bits per heavy atom. The van der Waals surface area contributed by atoms with Crippen LogP contribution in [0.3, 0.4) is 0 Å². The molecule has 1 aliphatic heterocycles. The first-order chi connectivity index (χ1) is 8.65. The fourth-order valence-corrected chi connectivity index (χ4v) is 2.39. The van der Waals surface area contributed by atoms with Gasteiger partial charge in [0.05, 0.1) is 5.70 Å². The molecule has 0 radical (unpaired) electrons. The zero-order valence-electron chi connectivity index (χ0n) is 11.3. The van der Waals surface area contributed by atoms with Gasteiger partial charge in [-0.2, -0.15) is 0 Å². The number of ketones is 1.